The van der Waals surface area contributed by atoms with E-state index in [0.717, 1.165) is 5.75 Å². The van der Waals surface area contributed by atoms with Gasteiger partial charge in [-0.2, -0.15) is 0 Å². The molecule has 2 atom stereocenters. The Morgan fingerprint density at radius 2 is 1.62 bits per heavy atom. The van der Waals surface area contributed by atoms with E-state index in [1.54, 1.807) is 7.11 Å². The summed E-state index contributed by atoms with van der Waals surface area (Å²) in [6, 6.07) is 8.21. The Labute approximate surface area is 128 Å². The standard InChI is InChI=1S/C18H23O2P/c1-11-12(2)14(4)18(5,13(11)3)21-17(20-21)15-9-7-8-10-16(15)19-6/h7-10,17H,1-6H3. The van der Waals surface area contributed by atoms with Crippen molar-refractivity contribution in [2.45, 2.75) is 45.6 Å². The van der Waals surface area contributed by atoms with Gasteiger partial charge in [0.05, 0.1) is 20.4 Å². The maximum absolute atomic E-state index is 6.19. The fourth-order valence-corrected chi connectivity index (χ4v) is 5.94. The van der Waals surface area contributed by atoms with Crippen molar-refractivity contribution >= 4 is 8.15 Å². The lowest BCUT2D eigenvalue weighted by Gasteiger charge is -2.27. The van der Waals surface area contributed by atoms with Crippen LogP contribution in [0.1, 0.15) is 46.0 Å². The molecule has 1 heterocycles. The average Bonchev–Trinajstić information content (AvgIpc) is 3.29. The lowest BCUT2D eigenvalue weighted by atomic mass is 9.98. The van der Waals surface area contributed by atoms with Gasteiger partial charge in [0.15, 0.2) is 0 Å². The minimum Gasteiger partial charge on any atom is -0.496 e. The first-order valence-electron chi connectivity index (χ1n) is 7.38. The number of para-hydroxylation sites is 1. The molecule has 2 nitrogen and oxygen atoms in total. The highest BCUT2D eigenvalue weighted by Gasteiger charge is 2.57. The number of allylic oxidation sites excluding steroid dienone is 4. The van der Waals surface area contributed by atoms with Gasteiger partial charge in [0.2, 0.25) is 0 Å². The molecule has 0 bridgehead atoms. The molecule has 1 aliphatic heterocycles. The highest BCUT2D eigenvalue weighted by molar-refractivity contribution is 7.61. The molecule has 0 spiro atoms. The van der Waals surface area contributed by atoms with Crippen LogP contribution in [-0.4, -0.2) is 12.3 Å². The first-order valence-corrected chi connectivity index (χ1v) is 8.71. The van der Waals surface area contributed by atoms with E-state index in [0.29, 0.717) is 0 Å². The molecule has 1 fully saturated rings. The quantitative estimate of drug-likeness (QED) is 0.538. The Morgan fingerprint density at radius 1 is 1.05 bits per heavy atom. The first kappa shape index (κ1) is 14.8. The molecule has 3 rings (SSSR count). The summed E-state index contributed by atoms with van der Waals surface area (Å²) in [5.74, 6) is 1.13. The summed E-state index contributed by atoms with van der Waals surface area (Å²) in [7, 11) is 1.20. The molecule has 112 valence electrons. The smallest absolute Gasteiger partial charge is 0.135 e. The molecule has 3 heteroatoms. The summed E-state index contributed by atoms with van der Waals surface area (Å²) in [5, 5.41) is 0.0784. The molecule has 1 aromatic carbocycles. The molecule has 1 saturated heterocycles. The van der Waals surface area contributed by atoms with Gasteiger partial charge in [0.25, 0.3) is 0 Å². The molecule has 2 unspecified atom stereocenters. The minimum absolute atomic E-state index is 0.0784. The van der Waals surface area contributed by atoms with E-state index in [1.807, 2.05) is 12.1 Å². The van der Waals surface area contributed by atoms with Gasteiger partial charge in [0, 0.05) is 5.56 Å². The topological polar surface area (TPSA) is 21.8 Å². The Kier molecular flexibility index (Phi) is 3.50. The average molecular weight is 302 g/mol. The molecule has 2 aliphatic rings. The van der Waals surface area contributed by atoms with Crippen molar-refractivity contribution < 1.29 is 9.26 Å². The maximum Gasteiger partial charge on any atom is 0.135 e. The van der Waals surface area contributed by atoms with Crippen LogP contribution in [0.25, 0.3) is 0 Å². The van der Waals surface area contributed by atoms with Gasteiger partial charge in [-0.25, -0.2) is 0 Å². The number of ether oxygens (including phenoxy) is 1. The Morgan fingerprint density at radius 3 is 2.19 bits per heavy atom. The van der Waals surface area contributed by atoms with Crippen molar-refractivity contribution in [1.29, 1.82) is 0 Å². The summed E-state index contributed by atoms with van der Waals surface area (Å²) in [6.45, 7) is 11.3. The van der Waals surface area contributed by atoms with Crippen LogP contribution in [0.3, 0.4) is 0 Å². The van der Waals surface area contributed by atoms with Gasteiger partial charge in [0.1, 0.15) is 11.6 Å². The largest absolute Gasteiger partial charge is 0.496 e. The number of hydrogen-bond acceptors (Lipinski definition) is 2. The fraction of sp³-hybridized carbons (Fsp3) is 0.444. The van der Waals surface area contributed by atoms with E-state index >= 15 is 0 Å². The summed E-state index contributed by atoms with van der Waals surface area (Å²) in [5.41, 5.74) is 7.01. The Hall–Kier alpha value is -1.11. The van der Waals surface area contributed by atoms with E-state index in [2.05, 4.69) is 46.8 Å². The second-order valence-corrected chi connectivity index (χ2v) is 8.32. The van der Waals surface area contributed by atoms with Crippen LogP contribution >= 0.6 is 8.15 Å². The van der Waals surface area contributed by atoms with Crippen LogP contribution in [0.2, 0.25) is 0 Å². The highest BCUT2D eigenvalue weighted by Crippen LogP contribution is 2.82. The van der Waals surface area contributed by atoms with E-state index in [1.165, 1.54) is 27.9 Å². The molecule has 0 amide bonds. The zero-order valence-electron chi connectivity index (χ0n) is 13.7. The SMILES string of the molecule is COc1ccccc1C1OP1C1(C)C(C)=C(C)C(C)=C1C. The zero-order chi connectivity index (χ0) is 15.4. The van der Waals surface area contributed by atoms with Crippen LogP contribution < -0.4 is 4.74 Å². The third-order valence-corrected chi connectivity index (χ3v) is 7.97. The van der Waals surface area contributed by atoms with Crippen molar-refractivity contribution in [3.05, 3.63) is 52.1 Å². The summed E-state index contributed by atoms with van der Waals surface area (Å²) >= 11 is 0. The molecular formula is C18H23O2P. The summed E-state index contributed by atoms with van der Waals surface area (Å²) < 4.78 is 11.7. The second kappa shape index (κ2) is 4.97. The van der Waals surface area contributed by atoms with Crippen molar-refractivity contribution in [3.63, 3.8) is 0 Å². The molecule has 0 radical (unpaired) electrons. The van der Waals surface area contributed by atoms with E-state index in [-0.39, 0.29) is 11.0 Å². The Bertz CT molecular complexity index is 633. The van der Waals surface area contributed by atoms with Crippen molar-refractivity contribution in [1.82, 2.24) is 0 Å². The number of rotatable bonds is 3. The number of benzene rings is 1. The van der Waals surface area contributed by atoms with E-state index < -0.39 is 8.15 Å². The summed E-state index contributed by atoms with van der Waals surface area (Å²) in [6.07, 6.45) is 0. The molecule has 0 N–H and O–H groups in total. The van der Waals surface area contributed by atoms with Gasteiger partial charge in [-0.3, -0.25) is 0 Å². The lowest BCUT2D eigenvalue weighted by Crippen LogP contribution is -2.20. The molecule has 1 aromatic rings. The molecule has 0 aromatic heterocycles. The third kappa shape index (κ3) is 2.00. The third-order valence-electron chi connectivity index (χ3n) is 5.37. The van der Waals surface area contributed by atoms with Gasteiger partial charge in [-0.05, 0) is 51.8 Å². The number of hydrogen-bond donors (Lipinski definition) is 0. The van der Waals surface area contributed by atoms with Gasteiger partial charge >= 0.3 is 0 Å². The van der Waals surface area contributed by atoms with Crippen LogP contribution in [0.15, 0.2) is 46.6 Å². The molecule has 0 saturated carbocycles. The predicted octanol–water partition coefficient (Wildman–Crippen LogP) is 5.57. The number of methoxy groups -OCH3 is 1. The second-order valence-electron chi connectivity index (χ2n) is 6.10. The van der Waals surface area contributed by atoms with Gasteiger partial charge in [-0.1, -0.05) is 29.3 Å². The summed E-state index contributed by atoms with van der Waals surface area (Å²) in [4.78, 5) is 0. The van der Waals surface area contributed by atoms with Crippen molar-refractivity contribution in [3.8, 4) is 5.75 Å². The van der Waals surface area contributed by atoms with Gasteiger partial charge in [-0.15, -0.1) is 0 Å². The normalized spacial score (nSPS) is 27.3. The van der Waals surface area contributed by atoms with Crippen molar-refractivity contribution in [2.24, 2.45) is 0 Å². The zero-order valence-corrected chi connectivity index (χ0v) is 14.5. The Balaban J connectivity index is 1.96. The van der Waals surface area contributed by atoms with Crippen molar-refractivity contribution in [2.75, 3.05) is 7.11 Å². The predicted molar refractivity (Wildman–Crippen MR) is 88.9 cm³/mol. The van der Waals surface area contributed by atoms with Crippen LogP contribution in [-0.2, 0) is 4.52 Å². The maximum atomic E-state index is 6.19. The van der Waals surface area contributed by atoms with Crippen LogP contribution in [0.5, 0.6) is 5.75 Å². The highest BCUT2D eigenvalue weighted by atomic mass is 31.2. The fourth-order valence-electron chi connectivity index (χ4n) is 3.38. The first-order chi connectivity index (χ1) is 9.92. The van der Waals surface area contributed by atoms with Gasteiger partial charge < -0.3 is 9.26 Å². The monoisotopic (exact) mass is 302 g/mol. The molecular weight excluding hydrogens is 279 g/mol. The molecule has 1 aliphatic carbocycles. The van der Waals surface area contributed by atoms with E-state index in [4.69, 9.17) is 9.26 Å². The van der Waals surface area contributed by atoms with Crippen LogP contribution in [0.4, 0.5) is 0 Å². The molecule has 21 heavy (non-hydrogen) atoms. The van der Waals surface area contributed by atoms with E-state index in [9.17, 15) is 0 Å². The minimum atomic E-state index is -0.523. The lowest BCUT2D eigenvalue weighted by molar-refractivity contribution is 0.394. The van der Waals surface area contributed by atoms with Crippen LogP contribution in [0, 0.1) is 0 Å².